The second kappa shape index (κ2) is 15.6. The molecule has 0 saturated carbocycles. The van der Waals surface area contributed by atoms with Crippen molar-refractivity contribution < 1.29 is 28.4 Å². The summed E-state index contributed by atoms with van der Waals surface area (Å²) in [5.41, 5.74) is 7.45. The monoisotopic (exact) mass is 650 g/mol. The average Bonchev–Trinajstić information content (AvgIpc) is 3.08. The van der Waals surface area contributed by atoms with E-state index in [9.17, 15) is 0 Å². The fourth-order valence-corrected chi connectivity index (χ4v) is 6.26. The summed E-state index contributed by atoms with van der Waals surface area (Å²) in [6, 6.07) is 25.3. The minimum atomic E-state index is 0.367. The zero-order valence-electron chi connectivity index (χ0n) is 28.6. The molecule has 0 atom stereocenters. The van der Waals surface area contributed by atoms with E-state index in [0.717, 1.165) is 85.7 Å². The van der Waals surface area contributed by atoms with E-state index in [4.69, 9.17) is 28.4 Å². The number of hydrogen-bond acceptors (Lipinski definition) is 8. The molecule has 6 rings (SSSR count). The summed E-state index contributed by atoms with van der Waals surface area (Å²) < 4.78 is 36.6. The van der Waals surface area contributed by atoms with Gasteiger partial charge in [-0.25, -0.2) is 0 Å². The predicted molar refractivity (Wildman–Crippen MR) is 192 cm³/mol. The number of nitrogens with zero attached hydrogens (tertiary/aromatic N) is 2. The fraction of sp³-hybridized carbons (Fsp3) is 0.350. The summed E-state index contributed by atoms with van der Waals surface area (Å²) in [6.45, 7) is 14.2. The minimum Gasteiger partial charge on any atom is -0.488 e. The number of aryl methyl sites for hydroxylation is 2. The molecule has 0 spiro atoms. The van der Waals surface area contributed by atoms with Crippen molar-refractivity contribution >= 4 is 23.5 Å². The van der Waals surface area contributed by atoms with Crippen LogP contribution in [0.5, 0.6) is 23.0 Å². The van der Waals surface area contributed by atoms with E-state index in [-0.39, 0.29) is 0 Å². The topological polar surface area (TPSA) is 61.9 Å². The number of ether oxygens (including phenoxy) is 6. The minimum absolute atomic E-state index is 0.367. The molecule has 0 unspecified atom stereocenters. The van der Waals surface area contributed by atoms with E-state index < -0.39 is 0 Å². The Morgan fingerprint density at radius 3 is 1.92 bits per heavy atom. The second-order valence-corrected chi connectivity index (χ2v) is 12.2. The lowest BCUT2D eigenvalue weighted by atomic mass is 9.91. The zero-order chi connectivity index (χ0) is 33.5. The molecule has 8 heteroatoms. The normalized spacial score (nSPS) is 15.0. The Balaban J connectivity index is 1.39. The summed E-state index contributed by atoms with van der Waals surface area (Å²) >= 11 is 0. The summed E-state index contributed by atoms with van der Waals surface area (Å²) in [6.07, 6.45) is 0. The van der Waals surface area contributed by atoms with Crippen LogP contribution in [0, 0.1) is 13.8 Å². The van der Waals surface area contributed by atoms with Crippen LogP contribution in [0.3, 0.4) is 0 Å². The predicted octanol–water partition coefficient (Wildman–Crippen LogP) is 5.46. The van der Waals surface area contributed by atoms with Crippen LogP contribution in [0.25, 0.3) is 12.2 Å². The van der Waals surface area contributed by atoms with Gasteiger partial charge >= 0.3 is 0 Å². The molecular formula is C40H46N2O6. The van der Waals surface area contributed by atoms with Gasteiger partial charge < -0.3 is 38.2 Å². The highest BCUT2D eigenvalue weighted by molar-refractivity contribution is 5.86. The van der Waals surface area contributed by atoms with Gasteiger partial charge in [0.05, 0.1) is 37.8 Å². The number of methoxy groups -OCH3 is 2. The van der Waals surface area contributed by atoms with Gasteiger partial charge in [0.15, 0.2) is 0 Å². The standard InChI is InChI=1S/C40H46N2O6/c1-28-6-10-32-36(24-28)48-37-25-29(2)7-11-33(37)40(32)31-9-13-35-39(27-31)47-23-22-46-38-26-30(3)8-12-34(38)41(14-18-43-4)16-20-45-21-17-42(35)15-19-44-5/h6-13,24-27H,1,14-23H2,2-5H3. The SMILES string of the molecule is C=c1ccc2c(c1)Oc1cc(C)ccc1C=2c1ccc2c(c1)OCCOc1cc(C)ccc1N(CCOC)CCOCCN2CCOC. The number of benzene rings is 4. The van der Waals surface area contributed by atoms with Crippen molar-refractivity contribution in [2.75, 3.05) is 89.8 Å². The summed E-state index contributed by atoms with van der Waals surface area (Å²) in [5.74, 6) is 3.23. The van der Waals surface area contributed by atoms with Crippen LogP contribution in [0.15, 0.2) is 72.8 Å². The highest BCUT2D eigenvalue weighted by Crippen LogP contribution is 2.39. The first-order valence-electron chi connectivity index (χ1n) is 16.6. The van der Waals surface area contributed by atoms with Crippen LogP contribution in [-0.4, -0.2) is 80.0 Å². The largest absolute Gasteiger partial charge is 0.488 e. The van der Waals surface area contributed by atoms with Gasteiger partial charge in [-0.15, -0.1) is 0 Å². The number of anilines is 2. The summed E-state index contributed by atoms with van der Waals surface area (Å²) in [4.78, 5) is 4.54. The Morgan fingerprint density at radius 2 is 1.25 bits per heavy atom. The molecule has 0 bridgehead atoms. The first-order chi connectivity index (χ1) is 23.4. The van der Waals surface area contributed by atoms with Gasteiger partial charge in [0, 0.05) is 56.8 Å². The Kier molecular flexibility index (Phi) is 10.9. The molecule has 0 radical (unpaired) electrons. The quantitative estimate of drug-likeness (QED) is 0.230. The van der Waals surface area contributed by atoms with E-state index in [0.29, 0.717) is 52.7 Å². The van der Waals surface area contributed by atoms with Crippen molar-refractivity contribution in [3.05, 3.63) is 105 Å². The molecule has 4 aromatic carbocycles. The van der Waals surface area contributed by atoms with E-state index in [1.165, 1.54) is 0 Å². The van der Waals surface area contributed by atoms with Crippen molar-refractivity contribution in [1.82, 2.24) is 0 Å². The van der Waals surface area contributed by atoms with Gasteiger partial charge in [-0.2, -0.15) is 0 Å². The molecule has 2 aliphatic heterocycles. The maximum atomic E-state index is 6.62. The third kappa shape index (κ3) is 7.62. The molecule has 0 aliphatic carbocycles. The van der Waals surface area contributed by atoms with Crippen LogP contribution < -0.4 is 34.4 Å². The third-order valence-corrected chi connectivity index (χ3v) is 8.73. The molecule has 4 aromatic rings. The number of hydrogen-bond donors (Lipinski definition) is 0. The van der Waals surface area contributed by atoms with Gasteiger partial charge in [0.25, 0.3) is 0 Å². The average molecular weight is 651 g/mol. The molecule has 0 fully saturated rings. The van der Waals surface area contributed by atoms with Crippen LogP contribution in [0.1, 0.15) is 22.3 Å². The Bertz CT molecular complexity index is 1840. The van der Waals surface area contributed by atoms with Crippen molar-refractivity contribution in [3.63, 3.8) is 0 Å². The van der Waals surface area contributed by atoms with Crippen molar-refractivity contribution in [3.8, 4) is 23.0 Å². The Hall–Kier alpha value is -4.50. The maximum Gasteiger partial charge on any atom is 0.143 e. The van der Waals surface area contributed by atoms with Crippen molar-refractivity contribution in [2.45, 2.75) is 13.8 Å². The highest BCUT2D eigenvalue weighted by atomic mass is 16.5. The van der Waals surface area contributed by atoms with Crippen molar-refractivity contribution in [1.29, 1.82) is 0 Å². The molecule has 0 amide bonds. The van der Waals surface area contributed by atoms with Gasteiger partial charge in [0.2, 0.25) is 0 Å². The second-order valence-electron chi connectivity index (χ2n) is 12.2. The van der Waals surface area contributed by atoms with Gasteiger partial charge in [0.1, 0.15) is 36.2 Å². The van der Waals surface area contributed by atoms with Crippen LogP contribution >= 0.6 is 0 Å². The molecule has 48 heavy (non-hydrogen) atoms. The lowest BCUT2D eigenvalue weighted by molar-refractivity contribution is 0.141. The van der Waals surface area contributed by atoms with Crippen LogP contribution in [-0.2, 0) is 14.2 Å². The van der Waals surface area contributed by atoms with E-state index in [1.807, 2.05) is 12.1 Å². The third-order valence-electron chi connectivity index (χ3n) is 8.73. The molecule has 2 aliphatic rings. The lowest BCUT2D eigenvalue weighted by Crippen LogP contribution is -2.33. The maximum absolute atomic E-state index is 6.62. The highest BCUT2D eigenvalue weighted by Gasteiger charge is 2.23. The van der Waals surface area contributed by atoms with Crippen molar-refractivity contribution in [2.24, 2.45) is 0 Å². The van der Waals surface area contributed by atoms with Gasteiger partial charge in [-0.05, 0) is 72.2 Å². The molecule has 2 heterocycles. The fourth-order valence-electron chi connectivity index (χ4n) is 6.26. The summed E-state index contributed by atoms with van der Waals surface area (Å²) in [7, 11) is 3.45. The Labute approximate surface area is 283 Å². The Morgan fingerprint density at radius 1 is 0.646 bits per heavy atom. The molecular weight excluding hydrogens is 604 g/mol. The molecule has 0 N–H and O–H groups in total. The first-order valence-corrected chi connectivity index (χ1v) is 16.6. The molecule has 8 nitrogen and oxygen atoms in total. The summed E-state index contributed by atoms with van der Waals surface area (Å²) in [5, 5.41) is 1.93. The van der Waals surface area contributed by atoms with E-state index in [2.05, 4.69) is 90.9 Å². The smallest absolute Gasteiger partial charge is 0.143 e. The van der Waals surface area contributed by atoms with Gasteiger partial charge in [-0.3, -0.25) is 0 Å². The molecule has 0 saturated heterocycles. The molecule has 0 aromatic heterocycles. The number of fused-ring (bicyclic) bond motifs is 4. The van der Waals surface area contributed by atoms with Gasteiger partial charge in [-0.1, -0.05) is 43.0 Å². The lowest BCUT2D eigenvalue weighted by Gasteiger charge is -2.28. The molecule has 252 valence electrons. The first kappa shape index (κ1) is 33.4. The zero-order valence-corrected chi connectivity index (χ0v) is 28.6. The van der Waals surface area contributed by atoms with Crippen LogP contribution in [0.4, 0.5) is 11.4 Å². The van der Waals surface area contributed by atoms with E-state index in [1.54, 1.807) is 14.2 Å². The number of rotatable bonds is 7. The van der Waals surface area contributed by atoms with E-state index >= 15 is 0 Å². The van der Waals surface area contributed by atoms with Crippen LogP contribution in [0.2, 0.25) is 0 Å².